The summed E-state index contributed by atoms with van der Waals surface area (Å²) in [6.45, 7) is -1.27. The van der Waals surface area contributed by atoms with Crippen LogP contribution >= 0.6 is 0 Å². The monoisotopic (exact) mass is 266 g/mol. The average Bonchev–Trinajstić information content (AvgIpc) is 3.00. The molecule has 8 heteroatoms. The van der Waals surface area contributed by atoms with E-state index in [4.69, 9.17) is 0 Å². The maximum absolute atomic E-state index is 11.8. The third kappa shape index (κ3) is 3.34. The van der Waals surface area contributed by atoms with E-state index in [1.165, 1.54) is 0 Å². The zero-order valence-electron chi connectivity index (χ0n) is 9.50. The molecular weight excluding hydrogens is 253 g/mol. The molecule has 1 saturated carbocycles. The minimum Gasteiger partial charge on any atom is -0.339 e. The first-order valence-corrected chi connectivity index (χ1v) is 5.64. The van der Waals surface area contributed by atoms with Crippen molar-refractivity contribution in [2.75, 3.05) is 13.2 Å². The fraction of sp³-hybridized carbons (Fsp3) is 0.800. The molecule has 2 fully saturated rings. The number of nitrogens with one attached hydrogen (secondary N) is 1. The van der Waals surface area contributed by atoms with E-state index >= 15 is 0 Å². The second kappa shape index (κ2) is 4.75. The number of nitrogens with zero attached hydrogens (tertiary/aromatic N) is 1. The second-order valence-corrected chi connectivity index (χ2v) is 4.55. The fourth-order valence-electron chi connectivity index (χ4n) is 1.92. The summed E-state index contributed by atoms with van der Waals surface area (Å²) in [5.74, 6) is -1.41. The third-order valence-electron chi connectivity index (χ3n) is 2.93. The zero-order chi connectivity index (χ0) is 13.3. The number of hydrogen-bond donors (Lipinski definition) is 1. The molecule has 1 saturated heterocycles. The Morgan fingerprint density at radius 1 is 1.44 bits per heavy atom. The highest BCUT2D eigenvalue weighted by atomic mass is 19.4. The Bertz CT molecular complexity index is 355. The van der Waals surface area contributed by atoms with Crippen molar-refractivity contribution in [1.29, 1.82) is 0 Å². The van der Waals surface area contributed by atoms with Crippen molar-refractivity contribution in [3.63, 3.8) is 0 Å². The summed E-state index contributed by atoms with van der Waals surface area (Å²) in [6, 6.07) is 0.214. The Morgan fingerprint density at radius 2 is 2.11 bits per heavy atom. The lowest BCUT2D eigenvalue weighted by atomic mass is 10.1. The molecule has 0 aromatic rings. The summed E-state index contributed by atoms with van der Waals surface area (Å²) < 4.78 is 35.3. The van der Waals surface area contributed by atoms with Gasteiger partial charge in [0, 0.05) is 19.0 Å². The van der Waals surface area contributed by atoms with Gasteiger partial charge in [-0.2, -0.15) is 13.2 Å². The number of carbonyl (C=O) groups is 2. The van der Waals surface area contributed by atoms with Crippen molar-refractivity contribution < 1.29 is 27.6 Å². The molecule has 2 rings (SSSR count). The van der Waals surface area contributed by atoms with Gasteiger partial charge in [-0.15, -0.1) is 0 Å². The maximum atomic E-state index is 11.8. The Morgan fingerprint density at radius 3 is 2.67 bits per heavy atom. The van der Waals surface area contributed by atoms with E-state index in [1.807, 2.05) is 0 Å². The van der Waals surface area contributed by atoms with Crippen molar-refractivity contribution in [2.45, 2.75) is 31.5 Å². The highest BCUT2D eigenvalue weighted by Crippen LogP contribution is 2.32. The quantitative estimate of drug-likeness (QED) is 0.758. The summed E-state index contributed by atoms with van der Waals surface area (Å²) in [5.41, 5.74) is 1.74. The molecule has 2 amide bonds. The topological polar surface area (TPSA) is 58.6 Å². The number of likely N-dealkylation sites (tertiary alicyclic amines) is 1. The highest BCUT2D eigenvalue weighted by Gasteiger charge is 2.42. The van der Waals surface area contributed by atoms with Gasteiger partial charge in [0.2, 0.25) is 11.8 Å². The summed E-state index contributed by atoms with van der Waals surface area (Å²) in [4.78, 5) is 28.7. The Balaban J connectivity index is 1.75. The van der Waals surface area contributed by atoms with Crippen LogP contribution in [0.4, 0.5) is 13.2 Å². The predicted octanol–water partition coefficient (Wildman–Crippen LogP) is 0.607. The van der Waals surface area contributed by atoms with Crippen LogP contribution in [-0.4, -0.2) is 42.1 Å². The number of carbonyl (C=O) groups excluding carboxylic acids is 2. The summed E-state index contributed by atoms with van der Waals surface area (Å²) in [7, 11) is 0. The van der Waals surface area contributed by atoms with Crippen molar-refractivity contribution in [1.82, 2.24) is 10.4 Å². The Hall–Kier alpha value is -1.31. The SMILES string of the molecule is O=C(NOCC(F)(F)F)C1CC(=O)N(C2CC2)C1. The number of hydrogen-bond acceptors (Lipinski definition) is 3. The van der Waals surface area contributed by atoms with Gasteiger partial charge in [0.15, 0.2) is 6.61 Å². The summed E-state index contributed by atoms with van der Waals surface area (Å²) in [5, 5.41) is 0. The first kappa shape index (κ1) is 13.1. The molecule has 0 aromatic heterocycles. The zero-order valence-corrected chi connectivity index (χ0v) is 9.50. The van der Waals surface area contributed by atoms with E-state index in [9.17, 15) is 22.8 Å². The molecule has 1 atom stereocenters. The summed E-state index contributed by atoms with van der Waals surface area (Å²) in [6.07, 6.45) is -2.58. The standard InChI is InChI=1S/C10H13F3N2O3/c11-10(12,13)5-18-14-9(17)6-3-8(16)15(4-6)7-1-2-7/h6-7H,1-5H2,(H,14,17). The average molecular weight is 266 g/mol. The van der Waals surface area contributed by atoms with Crippen LogP contribution in [-0.2, 0) is 14.4 Å². The molecule has 0 aromatic carbocycles. The predicted molar refractivity (Wildman–Crippen MR) is 53.0 cm³/mol. The molecule has 1 N–H and O–H groups in total. The Kier molecular flexibility index (Phi) is 3.47. The van der Waals surface area contributed by atoms with Gasteiger partial charge >= 0.3 is 6.18 Å². The van der Waals surface area contributed by atoms with Crippen LogP contribution in [0.1, 0.15) is 19.3 Å². The van der Waals surface area contributed by atoms with Crippen molar-refractivity contribution in [3.05, 3.63) is 0 Å². The number of rotatable bonds is 4. The summed E-state index contributed by atoms with van der Waals surface area (Å²) >= 11 is 0. The van der Waals surface area contributed by atoms with E-state index in [0.29, 0.717) is 0 Å². The molecule has 5 nitrogen and oxygen atoms in total. The molecule has 102 valence electrons. The first-order chi connectivity index (χ1) is 8.37. The van der Waals surface area contributed by atoms with Crippen LogP contribution in [0.5, 0.6) is 0 Å². The van der Waals surface area contributed by atoms with Gasteiger partial charge in [0.05, 0.1) is 5.92 Å². The Labute approximate surface area is 101 Å². The number of hydroxylamine groups is 1. The van der Waals surface area contributed by atoms with Gasteiger partial charge in [-0.05, 0) is 12.8 Å². The van der Waals surface area contributed by atoms with Crippen molar-refractivity contribution >= 4 is 11.8 Å². The lowest BCUT2D eigenvalue weighted by Gasteiger charge is -2.15. The first-order valence-electron chi connectivity index (χ1n) is 5.64. The van der Waals surface area contributed by atoms with E-state index < -0.39 is 24.6 Å². The minimum absolute atomic E-state index is 0.0394. The molecule has 1 unspecified atom stereocenters. The van der Waals surface area contributed by atoms with Crippen LogP contribution < -0.4 is 5.48 Å². The molecule has 0 bridgehead atoms. The van der Waals surface area contributed by atoms with Crippen molar-refractivity contribution in [3.8, 4) is 0 Å². The molecule has 18 heavy (non-hydrogen) atoms. The minimum atomic E-state index is -4.49. The molecule has 0 radical (unpaired) electrons. The van der Waals surface area contributed by atoms with Crippen LogP contribution in [0.2, 0.25) is 0 Å². The molecule has 2 aliphatic rings. The molecule has 1 aliphatic heterocycles. The molecular formula is C10H13F3N2O3. The van der Waals surface area contributed by atoms with Crippen molar-refractivity contribution in [2.24, 2.45) is 5.92 Å². The van der Waals surface area contributed by atoms with Gasteiger partial charge in [-0.25, -0.2) is 5.48 Å². The largest absolute Gasteiger partial charge is 0.414 e. The van der Waals surface area contributed by atoms with Crippen LogP contribution in [0.15, 0.2) is 0 Å². The molecule has 0 spiro atoms. The van der Waals surface area contributed by atoms with E-state index in [-0.39, 0.29) is 24.9 Å². The van der Waals surface area contributed by atoms with Gasteiger partial charge < -0.3 is 4.90 Å². The number of alkyl halides is 3. The lowest BCUT2D eigenvalue weighted by Crippen LogP contribution is -2.35. The van der Waals surface area contributed by atoms with E-state index in [1.54, 1.807) is 10.4 Å². The number of halogens is 3. The number of amides is 2. The highest BCUT2D eigenvalue weighted by molar-refractivity contribution is 5.89. The molecule has 1 aliphatic carbocycles. The normalized spacial score (nSPS) is 24.5. The van der Waals surface area contributed by atoms with Crippen LogP contribution in [0, 0.1) is 5.92 Å². The van der Waals surface area contributed by atoms with Gasteiger partial charge in [-0.3, -0.25) is 14.4 Å². The van der Waals surface area contributed by atoms with Gasteiger partial charge in [0.25, 0.3) is 0 Å². The smallest absolute Gasteiger partial charge is 0.339 e. The fourth-order valence-corrected chi connectivity index (χ4v) is 1.92. The van der Waals surface area contributed by atoms with Crippen LogP contribution in [0.3, 0.4) is 0 Å². The van der Waals surface area contributed by atoms with E-state index in [2.05, 4.69) is 4.84 Å². The third-order valence-corrected chi connectivity index (χ3v) is 2.93. The van der Waals surface area contributed by atoms with Crippen LogP contribution in [0.25, 0.3) is 0 Å². The van der Waals surface area contributed by atoms with E-state index in [0.717, 1.165) is 12.8 Å². The maximum Gasteiger partial charge on any atom is 0.414 e. The van der Waals surface area contributed by atoms with Gasteiger partial charge in [-0.1, -0.05) is 0 Å². The second-order valence-electron chi connectivity index (χ2n) is 4.55. The van der Waals surface area contributed by atoms with Gasteiger partial charge in [0.1, 0.15) is 0 Å². The lowest BCUT2D eigenvalue weighted by molar-refractivity contribution is -0.192. The molecule has 1 heterocycles.